The summed E-state index contributed by atoms with van der Waals surface area (Å²) in [6.45, 7) is 2.23. The summed E-state index contributed by atoms with van der Waals surface area (Å²) in [5, 5.41) is 5.01. The number of hydrogen-bond acceptors (Lipinski definition) is 3. The summed E-state index contributed by atoms with van der Waals surface area (Å²) in [7, 11) is 0. The van der Waals surface area contributed by atoms with Crippen molar-refractivity contribution in [3.63, 3.8) is 0 Å². The second-order valence-electron chi connectivity index (χ2n) is 5.88. The van der Waals surface area contributed by atoms with Crippen LogP contribution < -0.4 is 5.56 Å². The Balaban J connectivity index is 1.68. The molecule has 5 nitrogen and oxygen atoms in total. The molecule has 0 atom stereocenters. The Morgan fingerprint density at radius 2 is 1.96 bits per heavy atom. The van der Waals surface area contributed by atoms with Crippen LogP contribution in [0.2, 0.25) is 0 Å². The molecule has 0 N–H and O–H groups in total. The lowest BCUT2D eigenvalue weighted by Crippen LogP contribution is -2.21. The number of aryl methyl sites for hydroxylation is 1. The number of halogens is 1. The molecule has 0 aliphatic heterocycles. The number of aromatic nitrogens is 4. The van der Waals surface area contributed by atoms with Crippen LogP contribution >= 0.6 is 0 Å². The number of fused-ring (bicyclic) bond motifs is 1. The molecule has 25 heavy (non-hydrogen) atoms. The van der Waals surface area contributed by atoms with Gasteiger partial charge in [-0.05, 0) is 42.8 Å². The first-order chi connectivity index (χ1) is 12.1. The van der Waals surface area contributed by atoms with E-state index in [0.717, 1.165) is 5.56 Å². The van der Waals surface area contributed by atoms with E-state index in [2.05, 4.69) is 10.1 Å². The van der Waals surface area contributed by atoms with Gasteiger partial charge >= 0.3 is 0 Å². The minimum Gasteiger partial charge on any atom is -0.293 e. The lowest BCUT2D eigenvalue weighted by Gasteiger charge is -2.06. The van der Waals surface area contributed by atoms with Crippen molar-refractivity contribution in [2.24, 2.45) is 0 Å². The van der Waals surface area contributed by atoms with Crippen molar-refractivity contribution >= 4 is 10.9 Å². The Labute approximate surface area is 143 Å². The molecule has 0 radical (unpaired) electrons. The first-order valence-electron chi connectivity index (χ1n) is 7.87. The number of para-hydroxylation sites is 1. The first kappa shape index (κ1) is 15.3. The highest BCUT2D eigenvalue weighted by atomic mass is 19.1. The van der Waals surface area contributed by atoms with Crippen molar-refractivity contribution in [2.45, 2.75) is 13.5 Å². The highest BCUT2D eigenvalue weighted by Gasteiger charge is 2.08. The van der Waals surface area contributed by atoms with Gasteiger partial charge in [0.05, 0.1) is 35.2 Å². The average Bonchev–Trinajstić information content (AvgIpc) is 3.07. The van der Waals surface area contributed by atoms with Crippen LogP contribution in [0.4, 0.5) is 4.39 Å². The molecular weight excluding hydrogens is 319 g/mol. The largest absolute Gasteiger partial charge is 0.293 e. The maximum Gasteiger partial charge on any atom is 0.261 e. The molecular formula is C19H15FN4O. The van der Waals surface area contributed by atoms with E-state index in [9.17, 15) is 9.18 Å². The van der Waals surface area contributed by atoms with Crippen LogP contribution in [0.3, 0.4) is 0 Å². The zero-order chi connectivity index (χ0) is 17.4. The van der Waals surface area contributed by atoms with Crippen LogP contribution in [0.5, 0.6) is 0 Å². The second kappa shape index (κ2) is 5.98. The van der Waals surface area contributed by atoms with Gasteiger partial charge in [-0.25, -0.2) is 14.1 Å². The monoisotopic (exact) mass is 334 g/mol. The summed E-state index contributed by atoms with van der Waals surface area (Å²) in [6.07, 6.45) is 3.28. The molecule has 0 aliphatic carbocycles. The van der Waals surface area contributed by atoms with Crippen LogP contribution in [0, 0.1) is 12.7 Å². The Kier molecular flexibility index (Phi) is 3.65. The van der Waals surface area contributed by atoms with Crippen LogP contribution in [0.25, 0.3) is 16.6 Å². The molecule has 2 aromatic carbocycles. The third kappa shape index (κ3) is 2.82. The van der Waals surface area contributed by atoms with Gasteiger partial charge in [0.15, 0.2) is 0 Å². The highest BCUT2D eigenvalue weighted by Crippen LogP contribution is 2.13. The highest BCUT2D eigenvalue weighted by molar-refractivity contribution is 5.80. The second-order valence-corrected chi connectivity index (χ2v) is 5.88. The SMILES string of the molecule is Cc1cccc2c(=O)n(Cc3ccn(-c4cccc(F)c4)n3)cnc12. The van der Waals surface area contributed by atoms with E-state index in [-0.39, 0.29) is 11.4 Å². The molecule has 124 valence electrons. The third-order valence-electron chi connectivity index (χ3n) is 4.10. The van der Waals surface area contributed by atoms with E-state index in [1.54, 1.807) is 41.5 Å². The molecule has 0 unspecified atom stereocenters. The van der Waals surface area contributed by atoms with Gasteiger partial charge < -0.3 is 0 Å². The summed E-state index contributed by atoms with van der Waals surface area (Å²) < 4.78 is 16.5. The minimum atomic E-state index is -0.320. The van der Waals surface area contributed by atoms with Crippen molar-refractivity contribution < 1.29 is 4.39 Å². The summed E-state index contributed by atoms with van der Waals surface area (Å²) in [6, 6.07) is 13.6. The lowest BCUT2D eigenvalue weighted by atomic mass is 10.1. The Morgan fingerprint density at radius 3 is 2.80 bits per heavy atom. The molecule has 0 saturated heterocycles. The Hall–Kier alpha value is -3.28. The molecule has 4 aromatic rings. The van der Waals surface area contributed by atoms with E-state index in [1.807, 2.05) is 19.1 Å². The summed E-state index contributed by atoms with van der Waals surface area (Å²) >= 11 is 0. The lowest BCUT2D eigenvalue weighted by molar-refractivity contribution is 0.625. The van der Waals surface area contributed by atoms with Crippen molar-refractivity contribution in [1.29, 1.82) is 0 Å². The van der Waals surface area contributed by atoms with Gasteiger partial charge in [-0.2, -0.15) is 5.10 Å². The van der Waals surface area contributed by atoms with Gasteiger partial charge in [0.2, 0.25) is 0 Å². The summed E-state index contributed by atoms with van der Waals surface area (Å²) in [5.74, 6) is -0.320. The zero-order valence-corrected chi connectivity index (χ0v) is 13.6. The van der Waals surface area contributed by atoms with E-state index in [1.165, 1.54) is 16.7 Å². The normalized spacial score (nSPS) is 11.1. The molecule has 2 aromatic heterocycles. The van der Waals surface area contributed by atoms with Crippen molar-refractivity contribution in [2.75, 3.05) is 0 Å². The van der Waals surface area contributed by atoms with Gasteiger partial charge in [-0.1, -0.05) is 18.2 Å². The Morgan fingerprint density at radius 1 is 1.12 bits per heavy atom. The Bertz CT molecular complexity index is 1130. The van der Waals surface area contributed by atoms with E-state index >= 15 is 0 Å². The molecule has 0 bridgehead atoms. The van der Waals surface area contributed by atoms with Crippen molar-refractivity contribution in [3.05, 3.63) is 88.5 Å². The topological polar surface area (TPSA) is 52.7 Å². The first-order valence-corrected chi connectivity index (χ1v) is 7.87. The summed E-state index contributed by atoms with van der Waals surface area (Å²) in [5.41, 5.74) is 2.91. The number of benzene rings is 2. The molecule has 4 rings (SSSR count). The predicted molar refractivity (Wildman–Crippen MR) is 93.4 cm³/mol. The number of hydrogen-bond donors (Lipinski definition) is 0. The maximum absolute atomic E-state index is 13.3. The number of rotatable bonds is 3. The van der Waals surface area contributed by atoms with Crippen LogP contribution in [0.15, 0.2) is 65.8 Å². The van der Waals surface area contributed by atoms with Crippen LogP contribution in [-0.2, 0) is 6.54 Å². The zero-order valence-electron chi connectivity index (χ0n) is 13.6. The molecule has 0 saturated carbocycles. The fourth-order valence-electron chi connectivity index (χ4n) is 2.83. The molecule has 0 spiro atoms. The quantitative estimate of drug-likeness (QED) is 0.578. The fraction of sp³-hybridized carbons (Fsp3) is 0.105. The molecule has 0 aliphatic rings. The standard InChI is InChI=1S/C19H15FN4O/c1-13-4-2-7-17-18(13)21-12-23(19(17)25)11-15-8-9-24(22-15)16-6-3-5-14(20)10-16/h2-10,12H,11H2,1H3. The minimum absolute atomic E-state index is 0.103. The smallest absolute Gasteiger partial charge is 0.261 e. The molecule has 2 heterocycles. The van der Waals surface area contributed by atoms with Gasteiger partial charge in [0, 0.05) is 6.20 Å². The van der Waals surface area contributed by atoms with Gasteiger partial charge in [-0.3, -0.25) is 9.36 Å². The molecule has 0 amide bonds. The van der Waals surface area contributed by atoms with Crippen molar-refractivity contribution in [3.8, 4) is 5.69 Å². The van der Waals surface area contributed by atoms with E-state index < -0.39 is 0 Å². The molecule has 6 heteroatoms. The summed E-state index contributed by atoms with van der Waals surface area (Å²) in [4.78, 5) is 17.0. The van der Waals surface area contributed by atoms with Crippen LogP contribution in [0.1, 0.15) is 11.3 Å². The van der Waals surface area contributed by atoms with Gasteiger partial charge in [0.25, 0.3) is 5.56 Å². The predicted octanol–water partition coefficient (Wildman–Crippen LogP) is 3.08. The fourth-order valence-corrected chi connectivity index (χ4v) is 2.83. The van der Waals surface area contributed by atoms with Gasteiger partial charge in [0.1, 0.15) is 5.82 Å². The third-order valence-corrected chi connectivity index (χ3v) is 4.10. The van der Waals surface area contributed by atoms with E-state index in [4.69, 9.17) is 0 Å². The maximum atomic E-state index is 13.3. The van der Waals surface area contributed by atoms with Crippen LogP contribution in [-0.4, -0.2) is 19.3 Å². The van der Waals surface area contributed by atoms with E-state index in [0.29, 0.717) is 28.8 Å². The number of nitrogens with zero attached hydrogens (tertiary/aromatic N) is 4. The average molecular weight is 334 g/mol. The van der Waals surface area contributed by atoms with Crippen molar-refractivity contribution in [1.82, 2.24) is 19.3 Å². The van der Waals surface area contributed by atoms with Gasteiger partial charge in [-0.15, -0.1) is 0 Å². The molecule has 0 fully saturated rings.